The number of nitrogens with zero attached hydrogens (tertiary/aromatic N) is 1. The predicted octanol–water partition coefficient (Wildman–Crippen LogP) is 7.05. The summed E-state index contributed by atoms with van der Waals surface area (Å²) in [5.41, 5.74) is 2.92. The fourth-order valence-electron chi connectivity index (χ4n) is 4.60. The quantitative estimate of drug-likeness (QED) is 0.148. The molecule has 4 aromatic rings. The Bertz CT molecular complexity index is 1510. The molecule has 39 heavy (non-hydrogen) atoms. The number of hydrogen-bond donors (Lipinski definition) is 1. The highest BCUT2D eigenvalue weighted by Gasteiger charge is 2.47. The lowest BCUT2D eigenvalue weighted by Gasteiger charge is -2.24. The topological polar surface area (TPSA) is 76.1 Å². The number of benzene rings is 3. The number of carbonyl (C=O) groups is 2. The molecule has 1 unspecified atom stereocenters. The normalized spacial score (nSPS) is 16.6. The molecule has 7 heteroatoms. The molecule has 1 fully saturated rings. The monoisotopic (exact) mass is 539 g/mol. The van der Waals surface area contributed by atoms with Crippen molar-refractivity contribution in [2.24, 2.45) is 0 Å². The third kappa shape index (κ3) is 5.45. The van der Waals surface area contributed by atoms with Crippen molar-refractivity contribution in [3.63, 3.8) is 0 Å². The number of amides is 1. The number of hydrogen-bond acceptors (Lipinski definition) is 6. The lowest BCUT2D eigenvalue weighted by atomic mass is 9.98. The first-order chi connectivity index (χ1) is 18.8. The highest BCUT2D eigenvalue weighted by Crippen LogP contribution is 2.44. The van der Waals surface area contributed by atoms with Gasteiger partial charge in [-0.3, -0.25) is 14.5 Å². The molecule has 1 aliphatic heterocycles. The number of Topliss-reactive ketones (excluding diaryl/α,β-unsaturated/α-hetero) is 1. The van der Waals surface area contributed by atoms with E-state index in [0.717, 1.165) is 16.0 Å². The third-order valence-electron chi connectivity index (χ3n) is 6.43. The highest BCUT2D eigenvalue weighted by molar-refractivity contribution is 7.10. The van der Waals surface area contributed by atoms with Crippen LogP contribution in [0.25, 0.3) is 5.76 Å². The molecule has 0 bridgehead atoms. The van der Waals surface area contributed by atoms with E-state index in [0.29, 0.717) is 29.4 Å². The summed E-state index contributed by atoms with van der Waals surface area (Å²) in [6.45, 7) is 6.18. The average Bonchev–Trinajstić information content (AvgIpc) is 3.56. The van der Waals surface area contributed by atoms with Crippen LogP contribution in [0.1, 0.15) is 41.5 Å². The van der Waals surface area contributed by atoms with Crippen molar-refractivity contribution in [1.82, 2.24) is 0 Å². The summed E-state index contributed by atoms with van der Waals surface area (Å²) >= 11 is 1.42. The van der Waals surface area contributed by atoms with E-state index in [1.165, 1.54) is 16.2 Å². The minimum Gasteiger partial charge on any atom is -0.507 e. The van der Waals surface area contributed by atoms with Gasteiger partial charge >= 0.3 is 0 Å². The molecule has 6 nitrogen and oxygen atoms in total. The van der Waals surface area contributed by atoms with E-state index in [2.05, 4.69) is 0 Å². The van der Waals surface area contributed by atoms with E-state index in [4.69, 9.17) is 9.47 Å². The summed E-state index contributed by atoms with van der Waals surface area (Å²) in [6, 6.07) is 25.1. The van der Waals surface area contributed by atoms with Crippen LogP contribution in [0, 0.1) is 6.92 Å². The number of ether oxygens (including phenoxy) is 2. The Morgan fingerprint density at radius 3 is 2.36 bits per heavy atom. The highest BCUT2D eigenvalue weighted by atomic mass is 32.1. The van der Waals surface area contributed by atoms with E-state index < -0.39 is 17.7 Å². The second-order valence-corrected chi connectivity index (χ2v) is 10.6. The molecule has 1 N–H and O–H groups in total. The molecule has 198 valence electrons. The van der Waals surface area contributed by atoms with Gasteiger partial charge in [-0.25, -0.2) is 0 Å². The lowest BCUT2D eigenvalue weighted by Crippen LogP contribution is -2.29. The van der Waals surface area contributed by atoms with Gasteiger partial charge in [0, 0.05) is 16.1 Å². The maximum Gasteiger partial charge on any atom is 0.300 e. The number of thiophene rings is 1. The van der Waals surface area contributed by atoms with Crippen molar-refractivity contribution >= 4 is 34.5 Å². The van der Waals surface area contributed by atoms with Crippen LogP contribution >= 0.6 is 11.3 Å². The van der Waals surface area contributed by atoms with Crippen molar-refractivity contribution in [3.05, 3.63) is 117 Å². The molecule has 1 saturated heterocycles. The zero-order chi connectivity index (χ0) is 27.5. The zero-order valence-corrected chi connectivity index (χ0v) is 22.8. The minimum absolute atomic E-state index is 0.00225. The average molecular weight is 540 g/mol. The summed E-state index contributed by atoms with van der Waals surface area (Å²) in [7, 11) is 0. The molecule has 1 aromatic heterocycles. The number of anilines is 1. The van der Waals surface area contributed by atoms with Crippen molar-refractivity contribution in [2.45, 2.75) is 39.5 Å². The molecular formula is C32H29NO5S. The van der Waals surface area contributed by atoms with E-state index in [1.54, 1.807) is 42.5 Å². The first-order valence-electron chi connectivity index (χ1n) is 12.7. The number of aliphatic hydroxyl groups excluding tert-OH is 1. The van der Waals surface area contributed by atoms with Gasteiger partial charge in [0.15, 0.2) is 0 Å². The number of ketones is 1. The zero-order valence-electron chi connectivity index (χ0n) is 22.0. The standard InChI is InChI=1S/C32H29NO5S/c1-20(2)38-26-16-11-23(18-21(26)3)30(34)28-29(27-10-7-17-39-27)33(32(36)31(28)35)24-12-14-25(15-13-24)37-19-22-8-5-4-6-9-22/h4-18,20,29,34H,19H2,1-3H3/b30-28-. The van der Waals surface area contributed by atoms with Gasteiger partial charge in [-0.05, 0) is 85.8 Å². The summed E-state index contributed by atoms with van der Waals surface area (Å²) in [5, 5.41) is 13.3. The second kappa shape index (κ2) is 11.2. The number of carbonyl (C=O) groups excluding carboxylic acids is 2. The van der Waals surface area contributed by atoms with Gasteiger partial charge in [0.2, 0.25) is 0 Å². The Morgan fingerprint density at radius 2 is 1.72 bits per heavy atom. The van der Waals surface area contributed by atoms with Crippen LogP contribution in [-0.4, -0.2) is 22.9 Å². The molecule has 2 heterocycles. The lowest BCUT2D eigenvalue weighted by molar-refractivity contribution is -0.132. The van der Waals surface area contributed by atoms with Gasteiger partial charge in [0.25, 0.3) is 11.7 Å². The Morgan fingerprint density at radius 1 is 0.974 bits per heavy atom. The summed E-state index contributed by atoms with van der Waals surface area (Å²) in [4.78, 5) is 29.0. The Balaban J connectivity index is 1.49. The molecule has 0 aliphatic carbocycles. The fraction of sp³-hybridized carbons (Fsp3) is 0.188. The molecule has 1 atom stereocenters. The maximum atomic E-state index is 13.4. The van der Waals surface area contributed by atoms with Crippen LogP contribution < -0.4 is 14.4 Å². The van der Waals surface area contributed by atoms with E-state index in [9.17, 15) is 14.7 Å². The van der Waals surface area contributed by atoms with Crippen LogP contribution in [0.4, 0.5) is 5.69 Å². The molecule has 1 amide bonds. The molecule has 5 rings (SSSR count). The van der Waals surface area contributed by atoms with E-state index in [-0.39, 0.29) is 17.4 Å². The van der Waals surface area contributed by atoms with Crippen LogP contribution in [0.5, 0.6) is 11.5 Å². The summed E-state index contributed by atoms with van der Waals surface area (Å²) < 4.78 is 11.7. The molecule has 0 spiro atoms. The van der Waals surface area contributed by atoms with Crippen LogP contribution in [0.2, 0.25) is 0 Å². The first-order valence-corrected chi connectivity index (χ1v) is 13.6. The van der Waals surface area contributed by atoms with Gasteiger partial charge in [-0.1, -0.05) is 36.4 Å². The largest absolute Gasteiger partial charge is 0.507 e. The Kier molecular flexibility index (Phi) is 7.52. The Labute approximate surface area is 231 Å². The van der Waals surface area contributed by atoms with Crippen LogP contribution in [0.3, 0.4) is 0 Å². The number of aliphatic hydroxyl groups is 1. The molecule has 1 aliphatic rings. The second-order valence-electron chi connectivity index (χ2n) is 9.60. The van der Waals surface area contributed by atoms with E-state index >= 15 is 0 Å². The van der Waals surface area contributed by atoms with Crippen molar-refractivity contribution in [3.8, 4) is 11.5 Å². The summed E-state index contributed by atoms with van der Waals surface area (Å²) in [6.07, 6.45) is 0.00225. The third-order valence-corrected chi connectivity index (χ3v) is 7.36. The van der Waals surface area contributed by atoms with Crippen LogP contribution in [0.15, 0.2) is 95.9 Å². The first kappa shape index (κ1) is 26.3. The van der Waals surface area contributed by atoms with E-state index in [1.807, 2.05) is 68.6 Å². The SMILES string of the molecule is Cc1cc(/C(O)=C2/C(=O)C(=O)N(c3ccc(OCc4ccccc4)cc3)C2c2cccs2)ccc1OC(C)C. The summed E-state index contributed by atoms with van der Waals surface area (Å²) in [5.74, 6) is -0.284. The van der Waals surface area contributed by atoms with Gasteiger partial charge in [-0.15, -0.1) is 11.3 Å². The predicted molar refractivity (Wildman–Crippen MR) is 153 cm³/mol. The molecule has 0 saturated carbocycles. The van der Waals surface area contributed by atoms with Gasteiger partial charge in [0.05, 0.1) is 11.7 Å². The number of aryl methyl sites for hydroxylation is 1. The van der Waals surface area contributed by atoms with Crippen molar-refractivity contribution in [1.29, 1.82) is 0 Å². The maximum absolute atomic E-state index is 13.4. The van der Waals surface area contributed by atoms with Gasteiger partial charge < -0.3 is 14.6 Å². The number of rotatable bonds is 8. The van der Waals surface area contributed by atoms with Crippen LogP contribution in [-0.2, 0) is 16.2 Å². The van der Waals surface area contributed by atoms with Crippen molar-refractivity contribution < 1.29 is 24.2 Å². The van der Waals surface area contributed by atoms with Gasteiger partial charge in [-0.2, -0.15) is 0 Å². The molecular weight excluding hydrogens is 510 g/mol. The smallest absolute Gasteiger partial charge is 0.300 e. The Hall–Kier alpha value is -4.36. The van der Waals surface area contributed by atoms with Gasteiger partial charge in [0.1, 0.15) is 29.9 Å². The molecule has 3 aromatic carbocycles. The fourth-order valence-corrected chi connectivity index (χ4v) is 5.42. The minimum atomic E-state index is -0.756. The van der Waals surface area contributed by atoms with Crippen molar-refractivity contribution in [2.75, 3.05) is 4.90 Å². The molecule has 0 radical (unpaired) electrons.